The third-order valence-electron chi connectivity index (χ3n) is 11.7. The lowest BCUT2D eigenvalue weighted by molar-refractivity contribution is 0.168. The topological polar surface area (TPSA) is 38.2 Å². The number of rotatable bonds is 3. The SMILES string of the molecule is CC1CC=Cc2cccc(-c3ccc(-c4nc(N5c6ccc7c(c6C6C=CC=CC65C)OC5C=CC=CC5(C)C=C7)nc5ccccc45)cc3)c21. The summed E-state index contributed by atoms with van der Waals surface area (Å²) in [6, 6.07) is 28.4. The van der Waals surface area contributed by atoms with Crippen LogP contribution in [0.4, 0.5) is 11.6 Å². The average molecular weight is 662 g/mol. The summed E-state index contributed by atoms with van der Waals surface area (Å²) in [7, 11) is 0. The molecule has 4 aromatic carbocycles. The van der Waals surface area contributed by atoms with Gasteiger partial charge in [-0.1, -0.05) is 134 Å². The molecule has 51 heavy (non-hydrogen) atoms. The fourth-order valence-corrected chi connectivity index (χ4v) is 8.96. The summed E-state index contributed by atoms with van der Waals surface area (Å²) in [5.74, 6) is 2.18. The van der Waals surface area contributed by atoms with Gasteiger partial charge in [-0.05, 0) is 72.7 Å². The summed E-state index contributed by atoms with van der Waals surface area (Å²) < 4.78 is 7.01. The molecule has 0 radical (unpaired) electrons. The number of fused-ring (bicyclic) bond motifs is 8. The summed E-state index contributed by atoms with van der Waals surface area (Å²) in [6.07, 6.45) is 27.6. The van der Waals surface area contributed by atoms with Gasteiger partial charge in [-0.25, -0.2) is 9.97 Å². The van der Waals surface area contributed by atoms with E-state index in [2.05, 4.69) is 177 Å². The van der Waals surface area contributed by atoms with Crippen molar-refractivity contribution in [3.63, 3.8) is 0 Å². The van der Waals surface area contributed by atoms with Gasteiger partial charge >= 0.3 is 0 Å². The van der Waals surface area contributed by atoms with Crippen molar-refractivity contribution in [2.45, 2.75) is 50.7 Å². The van der Waals surface area contributed by atoms with Crippen molar-refractivity contribution in [2.75, 3.05) is 4.90 Å². The van der Waals surface area contributed by atoms with Crippen molar-refractivity contribution in [1.29, 1.82) is 0 Å². The van der Waals surface area contributed by atoms with Crippen LogP contribution in [0.1, 0.15) is 61.3 Å². The number of aromatic nitrogens is 2. The minimum Gasteiger partial charge on any atom is -0.484 e. The average Bonchev–Trinajstić information content (AvgIpc) is 3.33. The molecule has 10 rings (SSSR count). The molecule has 5 atom stereocenters. The summed E-state index contributed by atoms with van der Waals surface area (Å²) in [6.45, 7) is 6.87. The van der Waals surface area contributed by atoms with Gasteiger partial charge in [0.25, 0.3) is 0 Å². The molecule has 0 N–H and O–H groups in total. The van der Waals surface area contributed by atoms with Crippen LogP contribution in [0.3, 0.4) is 0 Å². The monoisotopic (exact) mass is 661 g/mol. The number of allylic oxidation sites excluding steroid dienone is 5. The van der Waals surface area contributed by atoms with E-state index in [0.29, 0.717) is 11.9 Å². The Bertz CT molecular complexity index is 2450. The van der Waals surface area contributed by atoms with Crippen LogP contribution in [-0.2, 0) is 0 Å². The second-order valence-electron chi connectivity index (χ2n) is 15.0. The van der Waals surface area contributed by atoms with Crippen molar-refractivity contribution >= 4 is 34.7 Å². The zero-order valence-electron chi connectivity index (χ0n) is 29.1. The van der Waals surface area contributed by atoms with E-state index in [1.807, 2.05) is 0 Å². The summed E-state index contributed by atoms with van der Waals surface area (Å²) in [5.41, 5.74) is 10.9. The summed E-state index contributed by atoms with van der Waals surface area (Å²) in [4.78, 5) is 13.1. The molecule has 0 bridgehead atoms. The van der Waals surface area contributed by atoms with Crippen molar-refractivity contribution in [1.82, 2.24) is 9.97 Å². The zero-order valence-corrected chi connectivity index (χ0v) is 29.1. The number of ether oxygens (including phenoxy) is 1. The lowest BCUT2D eigenvalue weighted by Crippen LogP contribution is -2.42. The first-order valence-electron chi connectivity index (χ1n) is 18.1. The molecule has 5 aliphatic rings. The fraction of sp³-hybridized carbons (Fsp3) is 0.191. The van der Waals surface area contributed by atoms with Crippen LogP contribution in [-0.4, -0.2) is 21.6 Å². The van der Waals surface area contributed by atoms with Gasteiger partial charge in [0.1, 0.15) is 11.9 Å². The van der Waals surface area contributed by atoms with Crippen LogP contribution in [0.15, 0.2) is 140 Å². The van der Waals surface area contributed by atoms with Gasteiger partial charge in [0.2, 0.25) is 5.95 Å². The molecule has 3 heterocycles. The minimum absolute atomic E-state index is 0.0557. The summed E-state index contributed by atoms with van der Waals surface area (Å²) >= 11 is 0. The Hall–Kier alpha value is -5.74. The van der Waals surface area contributed by atoms with E-state index < -0.39 is 5.54 Å². The highest BCUT2D eigenvalue weighted by atomic mass is 16.5. The van der Waals surface area contributed by atoms with E-state index in [4.69, 9.17) is 14.7 Å². The van der Waals surface area contributed by atoms with E-state index in [1.54, 1.807) is 0 Å². The molecule has 2 aliphatic heterocycles. The molecule has 0 fully saturated rings. The van der Waals surface area contributed by atoms with Gasteiger partial charge in [-0.15, -0.1) is 0 Å². The van der Waals surface area contributed by atoms with E-state index in [1.165, 1.54) is 27.8 Å². The van der Waals surface area contributed by atoms with Crippen LogP contribution in [0.2, 0.25) is 0 Å². The van der Waals surface area contributed by atoms with Crippen molar-refractivity contribution in [3.8, 4) is 28.1 Å². The first-order valence-corrected chi connectivity index (χ1v) is 18.1. The van der Waals surface area contributed by atoms with Gasteiger partial charge in [0.05, 0.1) is 22.4 Å². The first kappa shape index (κ1) is 30.1. The number of nitrogens with zero attached hydrogens (tertiary/aromatic N) is 3. The Morgan fingerprint density at radius 1 is 0.725 bits per heavy atom. The van der Waals surface area contributed by atoms with Crippen molar-refractivity contribution in [3.05, 3.63) is 162 Å². The molecule has 3 aliphatic carbocycles. The van der Waals surface area contributed by atoms with Crippen LogP contribution < -0.4 is 9.64 Å². The van der Waals surface area contributed by atoms with Crippen LogP contribution >= 0.6 is 0 Å². The highest BCUT2D eigenvalue weighted by Gasteiger charge is 2.51. The van der Waals surface area contributed by atoms with Gasteiger partial charge in [-0.2, -0.15) is 0 Å². The highest BCUT2D eigenvalue weighted by molar-refractivity contribution is 5.94. The number of hydrogen-bond donors (Lipinski definition) is 0. The Labute approximate surface area is 299 Å². The zero-order chi connectivity index (χ0) is 34.3. The maximum atomic E-state index is 7.01. The molecule has 5 aromatic rings. The maximum Gasteiger partial charge on any atom is 0.231 e. The van der Waals surface area contributed by atoms with Crippen molar-refractivity contribution in [2.24, 2.45) is 5.41 Å². The second kappa shape index (κ2) is 11.1. The predicted octanol–water partition coefficient (Wildman–Crippen LogP) is 11.5. The molecule has 0 amide bonds. The molecular weight excluding hydrogens is 623 g/mol. The maximum absolute atomic E-state index is 7.01. The van der Waals surface area contributed by atoms with Gasteiger partial charge in [0, 0.05) is 33.4 Å². The smallest absolute Gasteiger partial charge is 0.231 e. The molecule has 4 nitrogen and oxygen atoms in total. The highest BCUT2D eigenvalue weighted by Crippen LogP contribution is 2.58. The van der Waals surface area contributed by atoms with E-state index in [9.17, 15) is 0 Å². The first-order chi connectivity index (χ1) is 24.9. The third kappa shape index (κ3) is 4.52. The Morgan fingerprint density at radius 3 is 2.45 bits per heavy atom. The van der Waals surface area contributed by atoms with E-state index in [-0.39, 0.29) is 17.4 Å². The number of para-hydroxylation sites is 1. The Balaban J connectivity index is 1.12. The summed E-state index contributed by atoms with van der Waals surface area (Å²) in [5, 5.41) is 1.04. The molecule has 0 saturated carbocycles. The largest absolute Gasteiger partial charge is 0.484 e. The lowest BCUT2D eigenvalue weighted by atomic mass is 9.80. The van der Waals surface area contributed by atoms with Gasteiger partial charge in [-0.3, -0.25) is 4.90 Å². The molecule has 0 spiro atoms. The Kier molecular flexibility index (Phi) is 6.57. The Morgan fingerprint density at radius 2 is 1.55 bits per heavy atom. The van der Waals surface area contributed by atoms with Crippen LogP contribution in [0.25, 0.3) is 45.4 Å². The second-order valence-corrected chi connectivity index (χ2v) is 15.0. The number of hydrogen-bond acceptors (Lipinski definition) is 4. The predicted molar refractivity (Wildman–Crippen MR) is 210 cm³/mol. The normalized spacial score (nSPS) is 26.3. The lowest BCUT2D eigenvalue weighted by Gasteiger charge is -2.38. The molecule has 0 saturated heterocycles. The van der Waals surface area contributed by atoms with Gasteiger partial charge < -0.3 is 4.74 Å². The fourth-order valence-electron chi connectivity index (χ4n) is 8.96. The van der Waals surface area contributed by atoms with E-state index >= 15 is 0 Å². The standard InChI is InChI=1S/C47H39N3O/c1-30-12-10-13-32-14-11-16-35(41(30)32)31-20-22-33(23-21-31)43-36-15-4-5-18-38(36)48-45(49-43)50-39-25-24-34-26-29-46(2)27-8-7-19-40(46)51-44(34)42(39)37-17-6-9-28-47(37,50)3/h4-11,13-30,37,40H,12H2,1-3H3. The number of benzene rings is 4. The molecule has 5 unspecified atom stereocenters. The minimum atomic E-state index is -0.432. The number of anilines is 2. The molecular formula is C47H39N3O. The quantitative estimate of drug-likeness (QED) is 0.193. The van der Waals surface area contributed by atoms with Gasteiger partial charge in [0.15, 0.2) is 0 Å². The molecule has 248 valence electrons. The molecule has 4 heteroatoms. The van der Waals surface area contributed by atoms with Crippen molar-refractivity contribution < 1.29 is 4.74 Å². The van der Waals surface area contributed by atoms with E-state index in [0.717, 1.165) is 45.6 Å². The van der Waals surface area contributed by atoms with Crippen LogP contribution in [0, 0.1) is 5.41 Å². The van der Waals surface area contributed by atoms with Crippen LogP contribution in [0.5, 0.6) is 5.75 Å². The molecule has 1 aromatic heterocycles. The third-order valence-corrected chi connectivity index (χ3v) is 11.7.